The molecule has 0 aromatic heterocycles. The van der Waals surface area contributed by atoms with Gasteiger partial charge in [0.1, 0.15) is 6.04 Å². The first-order chi connectivity index (χ1) is 6.88. The minimum Gasteiger partial charge on any atom is -1.00 e. The van der Waals surface area contributed by atoms with Crippen LogP contribution in [-0.2, 0) is 14.9 Å². The van der Waals surface area contributed by atoms with Gasteiger partial charge in [0.05, 0.1) is 6.07 Å². The van der Waals surface area contributed by atoms with E-state index in [2.05, 4.69) is 0 Å². The summed E-state index contributed by atoms with van der Waals surface area (Å²) in [6.45, 7) is 0.212. The van der Waals surface area contributed by atoms with Crippen LogP contribution in [0.25, 0.3) is 0 Å². The van der Waals surface area contributed by atoms with Gasteiger partial charge in [-0.25, -0.2) is 0 Å². The van der Waals surface area contributed by atoms with E-state index in [0.29, 0.717) is 12.8 Å². The van der Waals surface area contributed by atoms with Crippen molar-refractivity contribution in [3.8, 4) is 6.07 Å². The third-order valence-corrected chi connectivity index (χ3v) is 2.94. The zero-order valence-corrected chi connectivity index (χ0v) is 11.5. The van der Waals surface area contributed by atoms with E-state index in [-0.39, 0.29) is 37.5 Å². The Kier molecular flexibility index (Phi) is 5.89. The van der Waals surface area contributed by atoms with E-state index in [1.165, 1.54) is 0 Å². The standard InChI is InChI=1S/C7H10N2O5S.Na.H/c8-4-5-2-1-3-9(5)6(10)7(11)15(12,13)14;;/h5,7,11H,1-3H2,(H,12,13,14);;/q;+1;-1. The Morgan fingerprint density at radius 1 is 1.62 bits per heavy atom. The van der Waals surface area contributed by atoms with Crippen molar-refractivity contribution in [2.75, 3.05) is 6.54 Å². The van der Waals surface area contributed by atoms with Crippen LogP contribution in [0, 0.1) is 11.3 Å². The molecular formula is C7H11N2NaO5S. The summed E-state index contributed by atoms with van der Waals surface area (Å²) in [4.78, 5) is 12.3. The molecule has 0 aromatic rings. The molecule has 0 spiro atoms. The van der Waals surface area contributed by atoms with Crippen molar-refractivity contribution >= 4 is 16.0 Å². The number of rotatable bonds is 2. The van der Waals surface area contributed by atoms with Crippen LogP contribution in [0.3, 0.4) is 0 Å². The average Bonchev–Trinajstić information content (AvgIpc) is 2.61. The monoisotopic (exact) mass is 258 g/mol. The number of carbonyl (C=O) groups is 1. The maximum absolute atomic E-state index is 11.3. The first kappa shape index (κ1) is 15.8. The minimum absolute atomic E-state index is 0. The number of hydrogen-bond acceptors (Lipinski definition) is 5. The van der Waals surface area contributed by atoms with Gasteiger partial charge < -0.3 is 11.4 Å². The van der Waals surface area contributed by atoms with Crippen molar-refractivity contribution in [2.45, 2.75) is 24.3 Å². The van der Waals surface area contributed by atoms with Crippen LogP contribution >= 0.6 is 0 Å². The van der Waals surface area contributed by atoms with Gasteiger partial charge in [0.15, 0.2) is 0 Å². The quantitative estimate of drug-likeness (QED) is 0.383. The number of amides is 1. The predicted molar refractivity (Wildman–Crippen MR) is 49.0 cm³/mol. The summed E-state index contributed by atoms with van der Waals surface area (Å²) in [5.74, 6) is -1.15. The minimum atomic E-state index is -4.82. The van der Waals surface area contributed by atoms with Crippen molar-refractivity contribution < 1.29 is 53.9 Å². The van der Waals surface area contributed by atoms with E-state index in [1.54, 1.807) is 0 Å². The van der Waals surface area contributed by atoms with Crippen molar-refractivity contribution in [1.82, 2.24) is 4.90 Å². The molecule has 0 aliphatic carbocycles. The first-order valence-corrected chi connectivity index (χ1v) is 5.72. The van der Waals surface area contributed by atoms with E-state index in [0.717, 1.165) is 4.90 Å². The van der Waals surface area contributed by atoms with Crippen LogP contribution in [0.2, 0.25) is 0 Å². The van der Waals surface area contributed by atoms with Crippen LogP contribution in [0.5, 0.6) is 0 Å². The van der Waals surface area contributed by atoms with Gasteiger partial charge in [0.2, 0.25) is 0 Å². The molecule has 1 amide bonds. The van der Waals surface area contributed by atoms with Crippen molar-refractivity contribution in [1.29, 1.82) is 5.26 Å². The molecule has 2 atom stereocenters. The average molecular weight is 258 g/mol. The molecule has 9 heteroatoms. The molecule has 2 unspecified atom stereocenters. The van der Waals surface area contributed by atoms with E-state index >= 15 is 0 Å². The summed E-state index contributed by atoms with van der Waals surface area (Å²) in [6, 6.07) is 1.09. The Morgan fingerprint density at radius 2 is 2.19 bits per heavy atom. The van der Waals surface area contributed by atoms with Crippen LogP contribution in [0.15, 0.2) is 0 Å². The van der Waals surface area contributed by atoms with E-state index in [9.17, 15) is 13.2 Å². The number of aliphatic hydroxyl groups excluding tert-OH is 1. The van der Waals surface area contributed by atoms with Gasteiger partial charge in [-0.2, -0.15) is 13.7 Å². The molecule has 1 heterocycles. The Labute approximate surface area is 117 Å². The van der Waals surface area contributed by atoms with Gasteiger partial charge in [-0.3, -0.25) is 9.35 Å². The van der Waals surface area contributed by atoms with Crippen LogP contribution in [0.4, 0.5) is 0 Å². The second-order valence-electron chi connectivity index (χ2n) is 3.19. The van der Waals surface area contributed by atoms with E-state index in [4.69, 9.17) is 14.9 Å². The summed E-state index contributed by atoms with van der Waals surface area (Å²) in [6.07, 6.45) is 1.02. The first-order valence-electron chi connectivity index (χ1n) is 4.22. The van der Waals surface area contributed by atoms with Crippen LogP contribution < -0.4 is 29.6 Å². The summed E-state index contributed by atoms with van der Waals surface area (Å²) in [5.41, 5.74) is -2.49. The summed E-state index contributed by atoms with van der Waals surface area (Å²) < 4.78 is 29.5. The SMILES string of the molecule is N#CC1CCCN1C(=O)C(O)S(=O)(=O)O.[H-].[Na+]. The fourth-order valence-corrected chi connectivity index (χ4v) is 1.82. The number of nitriles is 1. The summed E-state index contributed by atoms with van der Waals surface area (Å²) in [7, 11) is -4.82. The number of likely N-dealkylation sites (tertiary alicyclic amines) is 1. The third-order valence-electron chi connectivity index (χ3n) is 2.18. The molecule has 1 aliphatic heterocycles. The second-order valence-corrected chi connectivity index (χ2v) is 4.66. The summed E-state index contributed by atoms with van der Waals surface area (Å²) >= 11 is 0. The zero-order chi connectivity index (χ0) is 11.6. The normalized spacial score (nSPS) is 22.1. The smallest absolute Gasteiger partial charge is 1.00 e. The molecule has 0 radical (unpaired) electrons. The number of hydrogen-bond donors (Lipinski definition) is 2. The van der Waals surface area contributed by atoms with Gasteiger partial charge in [-0.15, -0.1) is 0 Å². The maximum atomic E-state index is 11.3. The van der Waals surface area contributed by atoms with Crippen LogP contribution in [-0.4, -0.2) is 46.9 Å². The Balaban J connectivity index is 0. The molecule has 1 rings (SSSR count). The fraction of sp³-hybridized carbons (Fsp3) is 0.714. The molecule has 1 aliphatic rings. The number of nitrogens with zero attached hydrogens (tertiary/aromatic N) is 2. The Hall–Kier alpha value is -0.170. The molecule has 0 aromatic carbocycles. The molecular weight excluding hydrogens is 247 g/mol. The molecule has 2 N–H and O–H groups in total. The largest absolute Gasteiger partial charge is 1.00 e. The second kappa shape index (κ2) is 5.95. The van der Waals surface area contributed by atoms with Gasteiger partial charge >= 0.3 is 39.7 Å². The van der Waals surface area contributed by atoms with E-state index in [1.807, 2.05) is 6.07 Å². The van der Waals surface area contributed by atoms with Crippen molar-refractivity contribution in [3.63, 3.8) is 0 Å². The van der Waals surface area contributed by atoms with Crippen molar-refractivity contribution in [3.05, 3.63) is 0 Å². The molecule has 16 heavy (non-hydrogen) atoms. The molecule has 7 nitrogen and oxygen atoms in total. The van der Waals surface area contributed by atoms with Gasteiger partial charge in [-0.05, 0) is 12.8 Å². The molecule has 0 saturated carbocycles. The molecule has 86 valence electrons. The topological polar surface area (TPSA) is 119 Å². The van der Waals surface area contributed by atoms with Gasteiger partial charge in [0, 0.05) is 6.54 Å². The summed E-state index contributed by atoms with van der Waals surface area (Å²) in [5, 5.41) is 17.6. The van der Waals surface area contributed by atoms with Gasteiger partial charge in [-0.1, -0.05) is 0 Å². The number of aliphatic hydroxyl groups is 1. The van der Waals surface area contributed by atoms with Crippen molar-refractivity contribution in [2.24, 2.45) is 0 Å². The molecule has 0 bridgehead atoms. The fourth-order valence-electron chi connectivity index (χ4n) is 1.43. The maximum Gasteiger partial charge on any atom is 1.00 e. The van der Waals surface area contributed by atoms with E-state index < -0.39 is 27.5 Å². The van der Waals surface area contributed by atoms with Gasteiger partial charge in [0.25, 0.3) is 11.3 Å². The third kappa shape index (κ3) is 3.41. The molecule has 1 fully saturated rings. The molecule has 1 saturated heterocycles. The Bertz CT molecular complexity index is 409. The number of carbonyl (C=O) groups excluding carboxylic acids is 1. The zero-order valence-electron chi connectivity index (χ0n) is 9.70. The predicted octanol–water partition coefficient (Wildman–Crippen LogP) is -4.18. The Morgan fingerprint density at radius 3 is 2.62 bits per heavy atom. The van der Waals surface area contributed by atoms with Crippen LogP contribution in [0.1, 0.15) is 14.3 Å².